The molecule has 7 aromatic carbocycles. The highest BCUT2D eigenvalue weighted by molar-refractivity contribution is 6.37. The molecule has 8 rings (SSSR count). The lowest BCUT2D eigenvalue weighted by atomic mass is 9.82. The predicted molar refractivity (Wildman–Crippen MR) is 154 cm³/mol. The second-order valence-electron chi connectivity index (χ2n) is 9.62. The summed E-state index contributed by atoms with van der Waals surface area (Å²) in [5.41, 5.74) is 10.6. The van der Waals surface area contributed by atoms with Crippen LogP contribution in [0.3, 0.4) is 0 Å². The van der Waals surface area contributed by atoms with Gasteiger partial charge in [0.25, 0.3) is 0 Å². The molecule has 166 valence electrons. The van der Waals surface area contributed by atoms with Crippen LogP contribution in [-0.4, -0.2) is 0 Å². The summed E-state index contributed by atoms with van der Waals surface area (Å²) in [6.45, 7) is 0. The van der Waals surface area contributed by atoms with Crippen molar-refractivity contribution in [2.75, 3.05) is 0 Å². The van der Waals surface area contributed by atoms with Gasteiger partial charge in [0.05, 0.1) is 0 Å². The summed E-state index contributed by atoms with van der Waals surface area (Å²) in [6.07, 6.45) is 0. The lowest BCUT2D eigenvalue weighted by Crippen LogP contribution is -1.93. The maximum absolute atomic E-state index is 2.31. The molecule has 0 nitrogen and oxygen atoms in total. The van der Waals surface area contributed by atoms with Crippen molar-refractivity contribution in [3.8, 4) is 44.5 Å². The van der Waals surface area contributed by atoms with Crippen molar-refractivity contribution < 1.29 is 0 Å². The van der Waals surface area contributed by atoms with Crippen molar-refractivity contribution in [2.45, 2.75) is 0 Å². The summed E-state index contributed by atoms with van der Waals surface area (Å²) in [7, 11) is 0. The van der Waals surface area contributed by atoms with Crippen LogP contribution in [0.15, 0.2) is 133 Å². The summed E-state index contributed by atoms with van der Waals surface area (Å²) in [5.74, 6) is 0. The van der Waals surface area contributed by atoms with E-state index in [-0.39, 0.29) is 0 Å². The minimum atomic E-state index is 1.26. The van der Waals surface area contributed by atoms with E-state index in [0.717, 1.165) is 0 Å². The van der Waals surface area contributed by atoms with Gasteiger partial charge in [-0.3, -0.25) is 0 Å². The van der Waals surface area contributed by atoms with Gasteiger partial charge in [-0.2, -0.15) is 0 Å². The zero-order valence-corrected chi connectivity index (χ0v) is 19.7. The quantitative estimate of drug-likeness (QED) is 0.228. The van der Waals surface area contributed by atoms with Gasteiger partial charge >= 0.3 is 0 Å². The molecule has 0 unspecified atom stereocenters. The lowest BCUT2D eigenvalue weighted by Gasteiger charge is -2.21. The molecule has 0 atom stereocenters. The van der Waals surface area contributed by atoms with Gasteiger partial charge in [0.15, 0.2) is 0 Å². The second kappa shape index (κ2) is 7.41. The molecule has 0 heteroatoms. The maximum Gasteiger partial charge on any atom is -0.0000944 e. The molecule has 1 aliphatic carbocycles. The Hall–Kier alpha value is -4.68. The van der Waals surface area contributed by atoms with Crippen LogP contribution in [-0.2, 0) is 0 Å². The summed E-state index contributed by atoms with van der Waals surface area (Å²) in [4.78, 5) is 0. The smallest absolute Gasteiger partial charge is 0.0000944 e. The van der Waals surface area contributed by atoms with Gasteiger partial charge in [-0.15, -0.1) is 0 Å². The molecule has 36 heavy (non-hydrogen) atoms. The Morgan fingerprint density at radius 2 is 0.556 bits per heavy atom. The maximum atomic E-state index is 2.31. The minimum Gasteiger partial charge on any atom is -0.0622 e. The summed E-state index contributed by atoms with van der Waals surface area (Å²) < 4.78 is 0. The summed E-state index contributed by atoms with van der Waals surface area (Å²) in [5, 5.41) is 7.99. The van der Waals surface area contributed by atoms with Gasteiger partial charge in [0.1, 0.15) is 0 Å². The van der Waals surface area contributed by atoms with Gasteiger partial charge in [-0.1, -0.05) is 133 Å². The highest BCUT2D eigenvalue weighted by atomic mass is 14.3. The first-order valence-corrected chi connectivity index (χ1v) is 12.6. The van der Waals surface area contributed by atoms with Gasteiger partial charge in [0, 0.05) is 0 Å². The molecule has 7 aromatic rings. The molecule has 0 aliphatic heterocycles. The Morgan fingerprint density at radius 3 is 0.972 bits per heavy atom. The number of rotatable bonds is 2. The molecule has 0 spiro atoms. The van der Waals surface area contributed by atoms with Crippen LogP contribution < -0.4 is 0 Å². The fraction of sp³-hybridized carbons (Fsp3) is 0. The average molecular weight is 455 g/mol. The molecule has 1 aliphatic rings. The van der Waals surface area contributed by atoms with E-state index in [1.165, 1.54) is 76.8 Å². The third kappa shape index (κ3) is 2.53. The Kier molecular flexibility index (Phi) is 4.03. The second-order valence-corrected chi connectivity index (χ2v) is 9.62. The van der Waals surface area contributed by atoms with E-state index in [0.29, 0.717) is 0 Å². The zero-order chi connectivity index (χ0) is 23.6. The van der Waals surface area contributed by atoms with Crippen molar-refractivity contribution in [3.63, 3.8) is 0 Å². The minimum absolute atomic E-state index is 1.26. The Morgan fingerprint density at radius 1 is 0.250 bits per heavy atom. The third-order valence-electron chi connectivity index (χ3n) is 7.77. The topological polar surface area (TPSA) is 0 Å². The summed E-state index contributed by atoms with van der Waals surface area (Å²) in [6, 6.07) is 48.8. The van der Waals surface area contributed by atoms with E-state index < -0.39 is 0 Å². The number of hydrogen-bond donors (Lipinski definition) is 0. The number of benzene rings is 7. The highest BCUT2D eigenvalue weighted by Crippen LogP contribution is 2.58. The molecule has 0 saturated carbocycles. The highest BCUT2D eigenvalue weighted by Gasteiger charge is 2.30. The van der Waals surface area contributed by atoms with Crippen LogP contribution in [0.2, 0.25) is 0 Å². The largest absolute Gasteiger partial charge is 0.0622 e. The number of fused-ring (bicyclic) bond motifs is 7. The Bertz CT molecular complexity index is 1820. The SMILES string of the molecule is c1ccc(-c2c3ccccc3c3c4c(c5ccccc5c(-c5ccccc5)c24)-c2ccccc2-3)cc1. The van der Waals surface area contributed by atoms with Gasteiger partial charge in [-0.05, 0) is 76.8 Å². The molecule has 0 bridgehead atoms. The summed E-state index contributed by atoms with van der Waals surface area (Å²) >= 11 is 0. The molecule has 0 saturated heterocycles. The van der Waals surface area contributed by atoms with E-state index in [2.05, 4.69) is 133 Å². The fourth-order valence-electron chi connectivity index (χ4n) is 6.41. The Balaban J connectivity index is 1.77. The third-order valence-corrected chi connectivity index (χ3v) is 7.77. The van der Waals surface area contributed by atoms with E-state index in [1.54, 1.807) is 0 Å². The van der Waals surface area contributed by atoms with E-state index in [4.69, 9.17) is 0 Å². The van der Waals surface area contributed by atoms with E-state index in [9.17, 15) is 0 Å². The van der Waals surface area contributed by atoms with Crippen LogP contribution in [0.5, 0.6) is 0 Å². The van der Waals surface area contributed by atoms with Gasteiger partial charge in [-0.25, -0.2) is 0 Å². The number of hydrogen-bond acceptors (Lipinski definition) is 0. The van der Waals surface area contributed by atoms with E-state index in [1.807, 2.05) is 0 Å². The lowest BCUT2D eigenvalue weighted by molar-refractivity contribution is 1.66. The van der Waals surface area contributed by atoms with Crippen LogP contribution in [0.25, 0.3) is 76.8 Å². The Labute approximate surface area is 210 Å². The molecular formula is C36H22. The van der Waals surface area contributed by atoms with Crippen LogP contribution in [0, 0.1) is 0 Å². The first kappa shape index (κ1) is 19.6. The van der Waals surface area contributed by atoms with Crippen LogP contribution >= 0.6 is 0 Å². The normalized spacial score (nSPS) is 11.9. The standard InChI is InChI=1S/C36H22/c1-3-13-23(14-4-1)31-25-17-7-9-19-27(25)33-29-21-11-12-22-30(29)34-28-20-10-8-18-26(28)32(35(31)36(33)34)24-15-5-2-6-16-24/h1-22H. The fourth-order valence-corrected chi connectivity index (χ4v) is 6.41. The molecule has 0 N–H and O–H groups in total. The average Bonchev–Trinajstić information content (AvgIpc) is 3.30. The van der Waals surface area contributed by atoms with Gasteiger partial charge in [0.2, 0.25) is 0 Å². The van der Waals surface area contributed by atoms with Crippen molar-refractivity contribution >= 4 is 32.3 Å². The van der Waals surface area contributed by atoms with Crippen molar-refractivity contribution in [3.05, 3.63) is 133 Å². The monoisotopic (exact) mass is 454 g/mol. The first-order valence-electron chi connectivity index (χ1n) is 12.6. The van der Waals surface area contributed by atoms with Crippen molar-refractivity contribution in [1.82, 2.24) is 0 Å². The predicted octanol–water partition coefficient (Wildman–Crippen LogP) is 10.1. The molecule has 0 radical (unpaired) electrons. The van der Waals surface area contributed by atoms with Gasteiger partial charge < -0.3 is 0 Å². The molecule has 0 aromatic heterocycles. The molecule has 0 fully saturated rings. The van der Waals surface area contributed by atoms with Crippen LogP contribution in [0.4, 0.5) is 0 Å². The zero-order valence-electron chi connectivity index (χ0n) is 19.7. The van der Waals surface area contributed by atoms with Crippen LogP contribution in [0.1, 0.15) is 0 Å². The molecule has 0 amide bonds. The first-order chi connectivity index (χ1) is 17.9. The van der Waals surface area contributed by atoms with Crippen molar-refractivity contribution in [1.29, 1.82) is 0 Å². The van der Waals surface area contributed by atoms with Crippen molar-refractivity contribution in [2.24, 2.45) is 0 Å². The molecular weight excluding hydrogens is 432 g/mol. The molecule has 0 heterocycles. The van der Waals surface area contributed by atoms with E-state index >= 15 is 0 Å².